The fraction of sp³-hybridized carbons (Fsp3) is 0.519. The van der Waals surface area contributed by atoms with Crippen LogP contribution < -0.4 is 0 Å². The molecular formula is C27H35FN4O4. The number of amides is 2. The van der Waals surface area contributed by atoms with E-state index in [4.69, 9.17) is 9.15 Å². The second-order valence-corrected chi connectivity index (χ2v) is 10.5. The zero-order chi connectivity index (χ0) is 25.7. The average molecular weight is 499 g/mol. The van der Waals surface area contributed by atoms with Crippen LogP contribution in [-0.2, 0) is 14.3 Å². The number of furan rings is 1. The number of rotatable bonds is 8. The van der Waals surface area contributed by atoms with E-state index in [1.165, 1.54) is 17.1 Å². The number of ether oxygens (including phenoxy) is 1. The average Bonchev–Trinajstić information content (AvgIpc) is 3.52. The highest BCUT2D eigenvalue weighted by Gasteiger charge is 2.36. The predicted molar refractivity (Wildman–Crippen MR) is 134 cm³/mol. The highest BCUT2D eigenvalue weighted by molar-refractivity contribution is 6.03. The SMILES string of the molecule is CC(C)(C)CC(=O)N(CCN1CCOCC1)CC(=O)N1N=C(c2ccc(F)cc2)CC1c1ccco1. The first-order valence-corrected chi connectivity index (χ1v) is 12.5. The van der Waals surface area contributed by atoms with Crippen LogP contribution in [0, 0.1) is 11.2 Å². The predicted octanol–water partition coefficient (Wildman–Crippen LogP) is 3.69. The standard InChI is InChI=1S/C27H35FN4O4/c1-27(2,3)18-25(33)31(11-10-30-12-15-35-16-13-30)19-26(34)32-23(24-5-4-14-36-24)17-22(29-32)20-6-8-21(28)9-7-20/h4-9,14,23H,10-13,15-19H2,1-3H3. The van der Waals surface area contributed by atoms with E-state index in [2.05, 4.69) is 10.0 Å². The van der Waals surface area contributed by atoms with Crippen molar-refractivity contribution in [2.75, 3.05) is 45.9 Å². The molecule has 0 saturated carbocycles. The van der Waals surface area contributed by atoms with E-state index in [1.807, 2.05) is 26.8 Å². The van der Waals surface area contributed by atoms with Gasteiger partial charge in [0.15, 0.2) is 0 Å². The molecule has 2 amide bonds. The molecule has 1 atom stereocenters. The van der Waals surface area contributed by atoms with Gasteiger partial charge < -0.3 is 14.1 Å². The van der Waals surface area contributed by atoms with Crippen LogP contribution in [-0.4, -0.2) is 78.3 Å². The van der Waals surface area contributed by atoms with E-state index in [9.17, 15) is 14.0 Å². The second kappa shape index (κ2) is 11.3. The number of hydrogen-bond donors (Lipinski definition) is 0. The minimum atomic E-state index is -0.425. The largest absolute Gasteiger partial charge is 0.467 e. The minimum Gasteiger partial charge on any atom is -0.467 e. The van der Waals surface area contributed by atoms with Crippen LogP contribution in [0.1, 0.15) is 51.0 Å². The Morgan fingerprint density at radius 3 is 2.50 bits per heavy atom. The molecule has 0 bridgehead atoms. The van der Waals surface area contributed by atoms with E-state index in [0.29, 0.717) is 50.6 Å². The van der Waals surface area contributed by atoms with Gasteiger partial charge in [0.1, 0.15) is 24.2 Å². The molecule has 194 valence electrons. The monoisotopic (exact) mass is 498 g/mol. The molecule has 0 aliphatic carbocycles. The summed E-state index contributed by atoms with van der Waals surface area (Å²) in [6, 6.07) is 9.23. The van der Waals surface area contributed by atoms with Crippen LogP contribution in [0.3, 0.4) is 0 Å². The molecule has 1 unspecified atom stereocenters. The Labute approximate surface area is 211 Å². The van der Waals surface area contributed by atoms with Gasteiger partial charge in [-0.15, -0.1) is 0 Å². The van der Waals surface area contributed by atoms with Crippen LogP contribution in [0.4, 0.5) is 4.39 Å². The van der Waals surface area contributed by atoms with Gasteiger partial charge in [-0.05, 0) is 35.2 Å². The Morgan fingerprint density at radius 1 is 1.14 bits per heavy atom. The lowest BCUT2D eigenvalue weighted by Gasteiger charge is -2.32. The molecule has 0 N–H and O–H groups in total. The molecule has 2 aromatic rings. The molecule has 2 aliphatic heterocycles. The number of nitrogens with zero attached hydrogens (tertiary/aromatic N) is 4. The van der Waals surface area contributed by atoms with E-state index in [-0.39, 0.29) is 29.6 Å². The topological polar surface area (TPSA) is 78.6 Å². The highest BCUT2D eigenvalue weighted by Crippen LogP contribution is 2.33. The van der Waals surface area contributed by atoms with Crippen molar-refractivity contribution in [3.63, 3.8) is 0 Å². The molecule has 0 radical (unpaired) electrons. The fourth-order valence-corrected chi connectivity index (χ4v) is 4.44. The molecule has 1 aromatic heterocycles. The highest BCUT2D eigenvalue weighted by atomic mass is 19.1. The van der Waals surface area contributed by atoms with Crippen molar-refractivity contribution in [3.8, 4) is 0 Å². The molecule has 4 rings (SSSR count). The second-order valence-electron chi connectivity index (χ2n) is 10.5. The maximum absolute atomic E-state index is 13.6. The molecule has 1 aromatic carbocycles. The maximum Gasteiger partial charge on any atom is 0.262 e. The summed E-state index contributed by atoms with van der Waals surface area (Å²) in [4.78, 5) is 30.7. The van der Waals surface area contributed by atoms with Gasteiger partial charge in [-0.3, -0.25) is 14.5 Å². The van der Waals surface area contributed by atoms with Crippen LogP contribution >= 0.6 is 0 Å². The normalized spacial score (nSPS) is 18.8. The third-order valence-electron chi connectivity index (χ3n) is 6.37. The van der Waals surface area contributed by atoms with E-state index in [1.54, 1.807) is 29.4 Å². The lowest BCUT2D eigenvalue weighted by atomic mass is 9.91. The van der Waals surface area contributed by atoms with Crippen LogP contribution in [0.5, 0.6) is 0 Å². The first-order chi connectivity index (χ1) is 17.2. The fourth-order valence-electron chi connectivity index (χ4n) is 4.44. The molecule has 1 saturated heterocycles. The van der Waals surface area contributed by atoms with Gasteiger partial charge in [-0.25, -0.2) is 9.40 Å². The number of benzene rings is 1. The summed E-state index contributed by atoms with van der Waals surface area (Å²) in [5.74, 6) is -0.0513. The summed E-state index contributed by atoms with van der Waals surface area (Å²) in [6.07, 6.45) is 2.35. The molecule has 2 aliphatic rings. The Kier molecular flexibility index (Phi) is 8.21. The summed E-state index contributed by atoms with van der Waals surface area (Å²) >= 11 is 0. The van der Waals surface area contributed by atoms with E-state index < -0.39 is 6.04 Å². The molecular weight excluding hydrogens is 463 g/mol. The number of hydrazone groups is 1. The zero-order valence-electron chi connectivity index (χ0n) is 21.3. The van der Waals surface area contributed by atoms with Gasteiger partial charge in [-0.2, -0.15) is 5.10 Å². The van der Waals surface area contributed by atoms with Crippen LogP contribution in [0.25, 0.3) is 0 Å². The Balaban J connectivity index is 1.53. The summed E-state index contributed by atoms with van der Waals surface area (Å²) in [6.45, 7) is 10.1. The summed E-state index contributed by atoms with van der Waals surface area (Å²) < 4.78 is 24.5. The molecule has 3 heterocycles. The van der Waals surface area contributed by atoms with Crippen molar-refractivity contribution in [3.05, 3.63) is 59.8 Å². The summed E-state index contributed by atoms with van der Waals surface area (Å²) in [5, 5.41) is 6.04. The van der Waals surface area contributed by atoms with Crippen LogP contribution in [0.2, 0.25) is 0 Å². The van der Waals surface area contributed by atoms with Crippen molar-refractivity contribution in [2.24, 2.45) is 10.5 Å². The first-order valence-electron chi connectivity index (χ1n) is 12.5. The van der Waals surface area contributed by atoms with E-state index in [0.717, 1.165) is 18.7 Å². The van der Waals surface area contributed by atoms with Gasteiger partial charge in [0.2, 0.25) is 5.91 Å². The van der Waals surface area contributed by atoms with Crippen LogP contribution in [0.15, 0.2) is 52.2 Å². The Morgan fingerprint density at radius 2 is 1.86 bits per heavy atom. The van der Waals surface area contributed by atoms with Crippen molar-refractivity contribution in [2.45, 2.75) is 39.7 Å². The summed E-state index contributed by atoms with van der Waals surface area (Å²) in [7, 11) is 0. The summed E-state index contributed by atoms with van der Waals surface area (Å²) in [5.41, 5.74) is 1.22. The number of carbonyl (C=O) groups excluding carboxylic acids is 2. The minimum absolute atomic E-state index is 0.0550. The molecule has 9 heteroatoms. The Hall–Kier alpha value is -3.04. The molecule has 0 spiro atoms. The number of morpholine rings is 1. The van der Waals surface area contributed by atoms with Crippen molar-refractivity contribution in [1.82, 2.24) is 14.8 Å². The maximum atomic E-state index is 13.6. The molecule has 1 fully saturated rings. The number of carbonyl (C=O) groups is 2. The third-order valence-corrected chi connectivity index (χ3v) is 6.37. The number of halogens is 1. The quantitative estimate of drug-likeness (QED) is 0.555. The molecule has 8 nitrogen and oxygen atoms in total. The lowest BCUT2D eigenvalue weighted by Crippen LogP contribution is -2.47. The van der Waals surface area contributed by atoms with Gasteiger partial charge >= 0.3 is 0 Å². The van der Waals surface area contributed by atoms with Crippen molar-refractivity contribution >= 4 is 17.5 Å². The van der Waals surface area contributed by atoms with Gasteiger partial charge in [-0.1, -0.05) is 32.9 Å². The zero-order valence-corrected chi connectivity index (χ0v) is 21.3. The third kappa shape index (κ3) is 6.79. The van der Waals surface area contributed by atoms with Gasteiger partial charge in [0, 0.05) is 39.0 Å². The van der Waals surface area contributed by atoms with Crippen molar-refractivity contribution in [1.29, 1.82) is 0 Å². The smallest absolute Gasteiger partial charge is 0.262 e. The first kappa shape index (κ1) is 26.0. The lowest BCUT2D eigenvalue weighted by molar-refractivity contribution is -0.143. The number of hydrogen-bond acceptors (Lipinski definition) is 6. The van der Waals surface area contributed by atoms with Gasteiger partial charge in [0.25, 0.3) is 5.91 Å². The van der Waals surface area contributed by atoms with E-state index >= 15 is 0 Å². The van der Waals surface area contributed by atoms with Gasteiger partial charge in [0.05, 0.1) is 25.2 Å². The molecule has 36 heavy (non-hydrogen) atoms. The Bertz CT molecular complexity index is 1060. The van der Waals surface area contributed by atoms with Crippen molar-refractivity contribution < 1.29 is 23.1 Å².